The molecule has 0 bridgehead atoms. The number of H-pyrrole nitrogens is 1. The summed E-state index contributed by atoms with van der Waals surface area (Å²) in [6, 6.07) is 8.97. The topological polar surface area (TPSA) is 91.0 Å². The Morgan fingerprint density at radius 3 is 3.00 bits per heavy atom. The van der Waals surface area contributed by atoms with Gasteiger partial charge in [0.2, 0.25) is 5.91 Å². The van der Waals surface area contributed by atoms with Crippen LogP contribution in [-0.2, 0) is 4.79 Å². The summed E-state index contributed by atoms with van der Waals surface area (Å²) >= 11 is 0. The highest BCUT2D eigenvalue weighted by Crippen LogP contribution is 2.26. The molecule has 3 heterocycles. The Labute approximate surface area is 150 Å². The van der Waals surface area contributed by atoms with Gasteiger partial charge >= 0.3 is 0 Å². The van der Waals surface area contributed by atoms with Crippen LogP contribution in [0.5, 0.6) is 0 Å². The number of nitrogens with one attached hydrogen (secondary N) is 2. The average Bonchev–Trinajstić information content (AvgIpc) is 3.10. The van der Waals surface area contributed by atoms with Crippen molar-refractivity contribution in [2.24, 2.45) is 0 Å². The molecule has 2 aromatic heterocycles. The smallest absolute Gasteiger partial charge is 0.254 e. The molecule has 3 aromatic rings. The molecule has 1 aliphatic rings. The summed E-state index contributed by atoms with van der Waals surface area (Å²) in [5.41, 5.74) is 4.79. The number of carbonyl (C=O) groups excluding carboxylic acids is 2. The lowest BCUT2D eigenvalue weighted by Gasteiger charge is -2.33. The fraction of sp³-hybridized carbons (Fsp3) is 0.263. The molecule has 1 saturated heterocycles. The Morgan fingerprint density at radius 2 is 2.15 bits per heavy atom. The zero-order valence-corrected chi connectivity index (χ0v) is 14.6. The number of pyridine rings is 1. The second kappa shape index (κ2) is 6.25. The van der Waals surface area contributed by atoms with Gasteiger partial charge in [-0.15, -0.1) is 0 Å². The molecule has 7 nitrogen and oxygen atoms in total. The van der Waals surface area contributed by atoms with Crippen LogP contribution in [0.3, 0.4) is 0 Å². The van der Waals surface area contributed by atoms with Gasteiger partial charge in [-0.25, -0.2) is 9.97 Å². The minimum atomic E-state index is -0.468. The van der Waals surface area contributed by atoms with Gasteiger partial charge in [0.05, 0.1) is 11.8 Å². The van der Waals surface area contributed by atoms with Crippen LogP contribution in [0.1, 0.15) is 23.0 Å². The first kappa shape index (κ1) is 16.3. The molecule has 2 N–H and O–H groups in total. The summed E-state index contributed by atoms with van der Waals surface area (Å²) in [6.45, 7) is 4.66. The molecule has 1 atom stereocenters. The predicted molar refractivity (Wildman–Crippen MR) is 97.6 cm³/mol. The highest BCUT2D eigenvalue weighted by Gasteiger charge is 2.29. The van der Waals surface area contributed by atoms with E-state index in [1.807, 2.05) is 31.2 Å². The number of amides is 2. The zero-order chi connectivity index (χ0) is 18.3. The molecule has 4 rings (SSSR count). The molecule has 0 radical (unpaired) electrons. The predicted octanol–water partition coefficient (Wildman–Crippen LogP) is 1.89. The van der Waals surface area contributed by atoms with Crippen LogP contribution in [0.25, 0.3) is 22.3 Å². The quantitative estimate of drug-likeness (QED) is 0.739. The lowest BCUT2D eigenvalue weighted by Crippen LogP contribution is -2.55. The van der Waals surface area contributed by atoms with Crippen molar-refractivity contribution in [3.63, 3.8) is 0 Å². The molecule has 1 aliphatic heterocycles. The van der Waals surface area contributed by atoms with E-state index >= 15 is 0 Å². The molecule has 26 heavy (non-hydrogen) atoms. The summed E-state index contributed by atoms with van der Waals surface area (Å²) in [5, 5.41) is 2.78. The van der Waals surface area contributed by atoms with Crippen LogP contribution >= 0.6 is 0 Å². The van der Waals surface area contributed by atoms with Crippen LogP contribution < -0.4 is 5.32 Å². The van der Waals surface area contributed by atoms with E-state index in [2.05, 4.69) is 20.3 Å². The Morgan fingerprint density at radius 1 is 1.31 bits per heavy atom. The van der Waals surface area contributed by atoms with Gasteiger partial charge in [0.15, 0.2) is 5.65 Å². The number of aromatic nitrogens is 3. The lowest BCUT2D eigenvalue weighted by molar-refractivity contribution is -0.127. The number of nitrogens with zero attached hydrogens (tertiary/aromatic N) is 3. The van der Waals surface area contributed by atoms with E-state index in [4.69, 9.17) is 0 Å². The number of hydrogen-bond acceptors (Lipinski definition) is 4. The fourth-order valence-corrected chi connectivity index (χ4v) is 3.30. The van der Waals surface area contributed by atoms with Gasteiger partial charge in [-0.2, -0.15) is 0 Å². The molecule has 0 saturated carbocycles. The number of fused-ring (bicyclic) bond motifs is 1. The molecule has 2 amide bonds. The summed E-state index contributed by atoms with van der Waals surface area (Å²) < 4.78 is 0. The molecular weight excluding hydrogens is 330 g/mol. The molecule has 1 aromatic carbocycles. The number of hydrogen-bond donors (Lipinski definition) is 2. The van der Waals surface area contributed by atoms with Gasteiger partial charge in [-0.05, 0) is 37.6 Å². The second-order valence-electron chi connectivity index (χ2n) is 6.44. The Hall–Kier alpha value is -3.22. The van der Waals surface area contributed by atoms with Gasteiger partial charge < -0.3 is 15.2 Å². The van der Waals surface area contributed by atoms with Crippen LogP contribution in [-0.4, -0.2) is 50.8 Å². The summed E-state index contributed by atoms with van der Waals surface area (Å²) in [7, 11) is 0. The van der Waals surface area contributed by atoms with Crippen molar-refractivity contribution in [2.75, 3.05) is 13.1 Å². The first-order chi connectivity index (χ1) is 12.5. The van der Waals surface area contributed by atoms with Gasteiger partial charge in [-0.3, -0.25) is 9.59 Å². The molecule has 1 fully saturated rings. The van der Waals surface area contributed by atoms with E-state index in [0.717, 1.165) is 22.3 Å². The SMILES string of the molecule is Cc1nc2nc[nH]c2cc1-c1cccc(C(=O)N2CCNC(=O)[C@H]2C)c1. The highest BCUT2D eigenvalue weighted by molar-refractivity contribution is 5.99. The number of aryl methyl sites for hydroxylation is 1. The van der Waals surface area contributed by atoms with Crippen molar-refractivity contribution < 1.29 is 9.59 Å². The number of benzene rings is 1. The fourth-order valence-electron chi connectivity index (χ4n) is 3.30. The van der Waals surface area contributed by atoms with Gasteiger partial charge in [-0.1, -0.05) is 12.1 Å². The molecule has 132 valence electrons. The molecule has 0 aliphatic carbocycles. The minimum Gasteiger partial charge on any atom is -0.353 e. The summed E-state index contributed by atoms with van der Waals surface area (Å²) in [4.78, 5) is 38.1. The standard InChI is InChI=1S/C19H19N5O2/c1-11-15(9-16-17(23-11)22-10-21-16)13-4-3-5-14(8-13)19(26)24-7-6-20-18(25)12(24)2/h3-5,8-10,12H,6-7H2,1-2H3,(H,20,25)(H,21,22,23)/t12-/m1/s1. The molecule has 0 unspecified atom stereocenters. The monoisotopic (exact) mass is 349 g/mol. The maximum atomic E-state index is 12.9. The highest BCUT2D eigenvalue weighted by atomic mass is 16.2. The molecular formula is C19H19N5O2. The van der Waals surface area contributed by atoms with Gasteiger partial charge in [0.1, 0.15) is 6.04 Å². The number of piperazine rings is 1. The summed E-state index contributed by atoms with van der Waals surface area (Å²) in [5.74, 6) is -0.257. The van der Waals surface area contributed by atoms with E-state index in [1.54, 1.807) is 24.2 Å². The Kier molecular flexibility index (Phi) is 3.91. The van der Waals surface area contributed by atoms with E-state index in [0.29, 0.717) is 24.3 Å². The van der Waals surface area contributed by atoms with Crippen LogP contribution in [0.15, 0.2) is 36.7 Å². The first-order valence-electron chi connectivity index (χ1n) is 8.54. The number of rotatable bonds is 2. The van der Waals surface area contributed by atoms with Crippen molar-refractivity contribution >= 4 is 23.0 Å². The number of aromatic amines is 1. The van der Waals surface area contributed by atoms with Crippen molar-refractivity contribution in [1.29, 1.82) is 0 Å². The van der Waals surface area contributed by atoms with E-state index < -0.39 is 6.04 Å². The first-order valence-corrected chi connectivity index (χ1v) is 8.54. The third-order valence-electron chi connectivity index (χ3n) is 4.78. The van der Waals surface area contributed by atoms with Crippen LogP contribution in [0, 0.1) is 6.92 Å². The van der Waals surface area contributed by atoms with Crippen molar-refractivity contribution in [2.45, 2.75) is 19.9 Å². The maximum absolute atomic E-state index is 12.9. The third-order valence-corrected chi connectivity index (χ3v) is 4.78. The van der Waals surface area contributed by atoms with E-state index in [9.17, 15) is 9.59 Å². The number of imidazole rings is 1. The maximum Gasteiger partial charge on any atom is 0.254 e. The largest absolute Gasteiger partial charge is 0.353 e. The third kappa shape index (κ3) is 2.71. The van der Waals surface area contributed by atoms with Crippen LogP contribution in [0.4, 0.5) is 0 Å². The van der Waals surface area contributed by atoms with E-state index in [1.165, 1.54) is 0 Å². The number of carbonyl (C=O) groups is 2. The van der Waals surface area contributed by atoms with E-state index in [-0.39, 0.29) is 11.8 Å². The normalized spacial score (nSPS) is 17.4. The van der Waals surface area contributed by atoms with Gasteiger partial charge in [0, 0.05) is 29.9 Å². The Balaban J connectivity index is 1.71. The molecule has 7 heteroatoms. The zero-order valence-electron chi connectivity index (χ0n) is 14.6. The average molecular weight is 349 g/mol. The summed E-state index contributed by atoms with van der Waals surface area (Å²) in [6.07, 6.45) is 1.61. The van der Waals surface area contributed by atoms with Crippen LogP contribution in [0.2, 0.25) is 0 Å². The second-order valence-corrected chi connectivity index (χ2v) is 6.44. The minimum absolute atomic E-state index is 0.120. The van der Waals surface area contributed by atoms with Crippen molar-refractivity contribution in [3.05, 3.63) is 47.9 Å². The van der Waals surface area contributed by atoms with Gasteiger partial charge in [0.25, 0.3) is 5.91 Å². The van der Waals surface area contributed by atoms with Crippen molar-refractivity contribution in [1.82, 2.24) is 25.2 Å². The lowest BCUT2D eigenvalue weighted by atomic mass is 10.0. The Bertz CT molecular complexity index is 1010. The molecule has 0 spiro atoms. The van der Waals surface area contributed by atoms with Crippen molar-refractivity contribution in [3.8, 4) is 11.1 Å².